The fraction of sp³-hybridized carbons (Fsp3) is 0.258. The van der Waals surface area contributed by atoms with Crippen molar-refractivity contribution < 1.29 is 31.1 Å². The first-order valence-electron chi connectivity index (χ1n) is 12.8. The van der Waals surface area contributed by atoms with Crippen LogP contribution in [0.5, 0.6) is 0 Å². The van der Waals surface area contributed by atoms with Crippen LogP contribution in [0.3, 0.4) is 0 Å². The molecule has 5 rings (SSSR count). The van der Waals surface area contributed by atoms with Crippen molar-refractivity contribution in [3.05, 3.63) is 94.1 Å². The summed E-state index contributed by atoms with van der Waals surface area (Å²) in [5.74, 6) is 4.78. The second-order valence-corrected chi connectivity index (χ2v) is 10.1. The third-order valence-corrected chi connectivity index (χ3v) is 7.49. The minimum absolute atomic E-state index is 0.0764. The number of carbonyl (C=O) groups is 1. The number of rotatable bonds is 4. The number of halogens is 7. The maximum atomic E-state index is 13.9. The SMILES string of the molecule is CC#CCn1c(C2CCCN2C(=O)c2cc(C(F)(F)F)ccc2C(F)(F)F)c(-c2ccccc2)c2cc(Cl)ccc21. The lowest BCUT2D eigenvalue weighted by molar-refractivity contribution is -0.141. The Bertz CT molecular complexity index is 1680. The van der Waals surface area contributed by atoms with Gasteiger partial charge in [-0.15, -0.1) is 5.92 Å². The van der Waals surface area contributed by atoms with Gasteiger partial charge in [0, 0.05) is 28.0 Å². The molecule has 0 saturated carbocycles. The first-order valence-corrected chi connectivity index (χ1v) is 13.2. The summed E-state index contributed by atoms with van der Waals surface area (Å²) in [5.41, 5.74) is -0.814. The molecule has 3 aromatic carbocycles. The molecule has 0 aliphatic carbocycles. The zero-order valence-electron chi connectivity index (χ0n) is 21.7. The third kappa shape index (κ3) is 5.41. The van der Waals surface area contributed by atoms with Gasteiger partial charge in [0.15, 0.2) is 0 Å². The summed E-state index contributed by atoms with van der Waals surface area (Å²) in [6.45, 7) is 1.98. The second kappa shape index (κ2) is 10.8. The molecule has 2 heterocycles. The topological polar surface area (TPSA) is 25.2 Å². The van der Waals surface area contributed by atoms with Crippen LogP contribution < -0.4 is 0 Å². The van der Waals surface area contributed by atoms with E-state index >= 15 is 0 Å². The van der Waals surface area contributed by atoms with Gasteiger partial charge < -0.3 is 9.47 Å². The molecule has 0 radical (unpaired) electrons. The van der Waals surface area contributed by atoms with Crippen molar-refractivity contribution in [3.8, 4) is 23.0 Å². The molecule has 41 heavy (non-hydrogen) atoms. The van der Waals surface area contributed by atoms with Crippen LogP contribution in [0.15, 0.2) is 66.7 Å². The maximum absolute atomic E-state index is 13.9. The number of likely N-dealkylation sites (tertiary alicyclic amines) is 1. The molecule has 1 atom stereocenters. The average Bonchev–Trinajstić information content (AvgIpc) is 3.53. The lowest BCUT2D eigenvalue weighted by atomic mass is 9.96. The number of fused-ring (bicyclic) bond motifs is 1. The second-order valence-electron chi connectivity index (χ2n) is 9.71. The van der Waals surface area contributed by atoms with Crippen LogP contribution in [0.4, 0.5) is 26.3 Å². The van der Waals surface area contributed by atoms with E-state index in [9.17, 15) is 31.1 Å². The van der Waals surface area contributed by atoms with Crippen molar-refractivity contribution in [1.29, 1.82) is 0 Å². The van der Waals surface area contributed by atoms with Gasteiger partial charge in [0.1, 0.15) is 0 Å². The van der Waals surface area contributed by atoms with Crippen LogP contribution in [0.1, 0.15) is 53.0 Å². The van der Waals surface area contributed by atoms with Gasteiger partial charge in [-0.05, 0) is 61.7 Å². The van der Waals surface area contributed by atoms with E-state index in [1.54, 1.807) is 19.1 Å². The Kier molecular flexibility index (Phi) is 7.56. The molecule has 0 bridgehead atoms. The van der Waals surface area contributed by atoms with E-state index in [4.69, 9.17) is 11.6 Å². The molecular weight excluding hydrogens is 566 g/mol. The molecule has 3 nitrogen and oxygen atoms in total. The smallest absolute Gasteiger partial charge is 0.330 e. The van der Waals surface area contributed by atoms with Crippen LogP contribution in [0, 0.1) is 11.8 Å². The number of benzene rings is 3. The zero-order chi connectivity index (χ0) is 29.5. The van der Waals surface area contributed by atoms with Gasteiger partial charge in [-0.3, -0.25) is 4.79 Å². The monoisotopic (exact) mass is 588 g/mol. The summed E-state index contributed by atoms with van der Waals surface area (Å²) in [4.78, 5) is 15.1. The molecule has 0 N–H and O–H groups in total. The summed E-state index contributed by atoms with van der Waals surface area (Å²) < 4.78 is 84.2. The number of carbonyl (C=O) groups excluding carboxylic acids is 1. The Morgan fingerprint density at radius 1 is 0.976 bits per heavy atom. The molecule has 1 amide bonds. The summed E-state index contributed by atoms with van der Waals surface area (Å²) in [7, 11) is 0. The molecule has 1 aromatic heterocycles. The Morgan fingerprint density at radius 3 is 2.37 bits per heavy atom. The van der Waals surface area contributed by atoms with E-state index in [0.29, 0.717) is 41.8 Å². The number of nitrogens with zero attached hydrogens (tertiary/aromatic N) is 2. The van der Waals surface area contributed by atoms with E-state index in [-0.39, 0.29) is 13.1 Å². The maximum Gasteiger partial charge on any atom is 0.417 e. The van der Waals surface area contributed by atoms with Crippen LogP contribution >= 0.6 is 11.6 Å². The first-order chi connectivity index (χ1) is 19.4. The lowest BCUT2D eigenvalue weighted by Crippen LogP contribution is -2.33. The Labute approximate surface area is 237 Å². The van der Waals surface area contributed by atoms with Gasteiger partial charge >= 0.3 is 12.4 Å². The number of hydrogen-bond donors (Lipinski definition) is 0. The molecule has 1 saturated heterocycles. The number of alkyl halides is 6. The molecule has 1 aliphatic rings. The highest BCUT2D eigenvalue weighted by molar-refractivity contribution is 6.31. The number of aromatic nitrogens is 1. The Morgan fingerprint density at radius 2 is 1.71 bits per heavy atom. The van der Waals surface area contributed by atoms with Crippen molar-refractivity contribution >= 4 is 28.4 Å². The quantitative estimate of drug-likeness (QED) is 0.172. The summed E-state index contributed by atoms with van der Waals surface area (Å²) in [6, 6.07) is 14.9. The van der Waals surface area contributed by atoms with Crippen molar-refractivity contribution in [2.75, 3.05) is 6.54 Å². The first kappa shape index (κ1) is 28.6. The fourth-order valence-corrected chi connectivity index (χ4v) is 5.70. The van der Waals surface area contributed by atoms with Gasteiger partial charge in [0.25, 0.3) is 5.91 Å². The van der Waals surface area contributed by atoms with E-state index < -0.39 is 41.0 Å². The summed E-state index contributed by atoms with van der Waals surface area (Å²) >= 11 is 6.37. The number of amides is 1. The van der Waals surface area contributed by atoms with E-state index in [0.717, 1.165) is 22.0 Å². The van der Waals surface area contributed by atoms with Crippen molar-refractivity contribution in [3.63, 3.8) is 0 Å². The van der Waals surface area contributed by atoms with Crippen LogP contribution in [0.25, 0.3) is 22.0 Å². The van der Waals surface area contributed by atoms with Crippen molar-refractivity contribution in [2.45, 2.75) is 44.7 Å². The lowest BCUT2D eigenvalue weighted by Gasteiger charge is -2.28. The normalized spacial score (nSPS) is 15.7. The summed E-state index contributed by atoms with van der Waals surface area (Å²) in [5, 5.41) is 1.24. The van der Waals surface area contributed by atoms with E-state index in [1.165, 1.54) is 4.90 Å². The highest BCUT2D eigenvalue weighted by Gasteiger charge is 2.42. The zero-order valence-corrected chi connectivity index (χ0v) is 22.5. The predicted molar refractivity (Wildman–Crippen MR) is 145 cm³/mol. The molecule has 1 aliphatic heterocycles. The molecule has 0 spiro atoms. The highest BCUT2D eigenvalue weighted by atomic mass is 35.5. The Hall–Kier alpha value is -3.90. The Balaban J connectivity index is 1.74. The minimum atomic E-state index is -5.03. The van der Waals surface area contributed by atoms with E-state index in [1.807, 2.05) is 41.0 Å². The number of hydrogen-bond acceptors (Lipinski definition) is 1. The third-order valence-electron chi connectivity index (χ3n) is 7.25. The van der Waals surface area contributed by atoms with Crippen LogP contribution in [-0.4, -0.2) is 21.9 Å². The molecule has 1 unspecified atom stereocenters. The molecular formula is C31H23ClF6N2O. The molecule has 212 valence electrons. The minimum Gasteiger partial charge on any atom is -0.330 e. The highest BCUT2D eigenvalue weighted by Crippen LogP contribution is 2.45. The van der Waals surface area contributed by atoms with Gasteiger partial charge in [-0.25, -0.2) is 0 Å². The molecule has 1 fully saturated rings. The average molecular weight is 589 g/mol. The van der Waals surface area contributed by atoms with Crippen LogP contribution in [-0.2, 0) is 18.9 Å². The van der Waals surface area contributed by atoms with Gasteiger partial charge in [0.2, 0.25) is 0 Å². The standard InChI is InChI=1S/C31H23ClF6N2O/c1-2-3-15-39-25-14-12-21(32)18-23(25)27(19-8-5-4-6-9-19)28(39)26-10-7-16-40(26)29(41)22-17-20(30(33,34)35)11-13-24(22)31(36,37)38/h4-6,8-9,11-14,17-18,26H,7,10,15-16H2,1H3. The van der Waals surface area contributed by atoms with Gasteiger partial charge in [-0.1, -0.05) is 47.9 Å². The van der Waals surface area contributed by atoms with E-state index in [2.05, 4.69) is 11.8 Å². The molecule has 10 heteroatoms. The van der Waals surface area contributed by atoms with Crippen LogP contribution in [0.2, 0.25) is 5.02 Å². The largest absolute Gasteiger partial charge is 0.417 e. The summed E-state index contributed by atoms with van der Waals surface area (Å²) in [6.07, 6.45) is -9.10. The van der Waals surface area contributed by atoms with Gasteiger partial charge in [0.05, 0.1) is 35.0 Å². The fourth-order valence-electron chi connectivity index (χ4n) is 5.52. The van der Waals surface area contributed by atoms with Crippen molar-refractivity contribution in [2.24, 2.45) is 0 Å². The van der Waals surface area contributed by atoms with Crippen molar-refractivity contribution in [1.82, 2.24) is 9.47 Å². The predicted octanol–water partition coefficient (Wildman–Crippen LogP) is 9.00. The molecule has 4 aromatic rings. The van der Waals surface area contributed by atoms with Gasteiger partial charge in [-0.2, -0.15) is 26.3 Å².